The van der Waals surface area contributed by atoms with E-state index in [9.17, 15) is 4.79 Å². The molecule has 186 valence electrons. The van der Waals surface area contributed by atoms with Gasteiger partial charge in [-0.25, -0.2) is 4.98 Å². The van der Waals surface area contributed by atoms with Crippen LogP contribution in [0.25, 0.3) is 33.5 Å². The van der Waals surface area contributed by atoms with Crippen molar-refractivity contribution in [2.45, 2.75) is 52.5 Å². The Morgan fingerprint density at radius 1 is 1.17 bits per heavy atom. The lowest BCUT2D eigenvalue weighted by atomic mass is 9.97. The minimum Gasteiger partial charge on any atom is -0.350 e. The van der Waals surface area contributed by atoms with Gasteiger partial charge in [0, 0.05) is 36.4 Å². The van der Waals surface area contributed by atoms with Gasteiger partial charge in [0.05, 0.1) is 11.7 Å². The topological polar surface area (TPSA) is 111 Å². The van der Waals surface area contributed by atoms with Crippen LogP contribution in [0.15, 0.2) is 48.4 Å². The van der Waals surface area contributed by atoms with Gasteiger partial charge in [-0.1, -0.05) is 24.6 Å². The highest BCUT2D eigenvalue weighted by Crippen LogP contribution is 2.31. The van der Waals surface area contributed by atoms with Crippen molar-refractivity contribution in [3.05, 3.63) is 65.3 Å². The number of rotatable bonds is 9. The van der Waals surface area contributed by atoms with Crippen molar-refractivity contribution in [3.8, 4) is 22.6 Å². The van der Waals surface area contributed by atoms with Gasteiger partial charge in [-0.2, -0.15) is 5.10 Å². The number of carbonyl (C=O) groups is 1. The number of carbonyl (C=O) groups excluding carboxylic acids is 1. The maximum Gasteiger partial charge on any atom is 0.269 e. The number of nitrogens with zero attached hydrogens (tertiary/aromatic N) is 3. The van der Waals surface area contributed by atoms with Gasteiger partial charge >= 0.3 is 0 Å². The molecule has 0 fully saturated rings. The first-order valence-corrected chi connectivity index (χ1v) is 12.8. The molecular weight excluding hydrogens is 450 g/mol. The fourth-order valence-electron chi connectivity index (χ4n) is 4.78. The predicted octanol–water partition coefficient (Wildman–Crippen LogP) is 5.05. The van der Waals surface area contributed by atoms with E-state index >= 15 is 0 Å². The van der Waals surface area contributed by atoms with E-state index in [0.717, 1.165) is 54.4 Å². The molecule has 36 heavy (non-hydrogen) atoms. The second-order valence-corrected chi connectivity index (χ2v) is 9.34. The quantitative estimate of drug-likeness (QED) is 0.249. The minimum atomic E-state index is -0.148. The molecule has 1 aliphatic rings. The van der Waals surface area contributed by atoms with E-state index in [1.165, 1.54) is 29.5 Å². The number of hydrogen-bond acceptors (Lipinski definition) is 5. The lowest BCUT2D eigenvalue weighted by molar-refractivity contribution is 0.0949. The Bertz CT molecular complexity index is 1400. The Morgan fingerprint density at radius 2 is 2.08 bits per heavy atom. The number of pyridine rings is 1. The van der Waals surface area contributed by atoms with Crippen LogP contribution >= 0.6 is 0 Å². The maximum atomic E-state index is 12.7. The van der Waals surface area contributed by atoms with Gasteiger partial charge in [-0.3, -0.25) is 14.9 Å². The molecule has 0 saturated carbocycles. The van der Waals surface area contributed by atoms with Crippen molar-refractivity contribution >= 4 is 16.8 Å². The number of nitrogens with one attached hydrogen (secondary N) is 4. The van der Waals surface area contributed by atoms with Gasteiger partial charge in [0.25, 0.3) is 5.91 Å². The first kappa shape index (κ1) is 23.9. The van der Waals surface area contributed by atoms with E-state index < -0.39 is 0 Å². The first-order chi connectivity index (χ1) is 17.6. The Kier molecular flexibility index (Phi) is 7.23. The Balaban J connectivity index is 1.35. The molecule has 8 heteroatoms. The third kappa shape index (κ3) is 5.09. The smallest absolute Gasteiger partial charge is 0.269 e. The second kappa shape index (κ2) is 10.9. The average Bonchev–Trinajstić information content (AvgIpc) is 3.56. The van der Waals surface area contributed by atoms with Crippen LogP contribution in [0.4, 0.5) is 0 Å². The summed E-state index contributed by atoms with van der Waals surface area (Å²) in [6.45, 7) is 6.56. The van der Waals surface area contributed by atoms with Crippen LogP contribution in [0.5, 0.6) is 0 Å². The molecule has 4 N–H and O–H groups in total. The Hall–Kier alpha value is -3.78. The lowest BCUT2D eigenvalue weighted by Crippen LogP contribution is -2.25. The van der Waals surface area contributed by atoms with Gasteiger partial charge in [0.15, 0.2) is 5.82 Å². The standard InChI is InChI=1S/C28H33N7O/c1-3-29-14-21-15-30-16-23(18(21)2)20-9-10-24-22(13-20)26(35-34-24)27-32-17-25(33-27)28(36)31-12-11-19-7-5-4-6-8-19/h7,9-10,13,15-17,29H,3-6,8,11-12,14H2,1-2H3,(H,31,36)(H,32,33)(H,34,35). The van der Waals surface area contributed by atoms with Crippen molar-refractivity contribution in [1.29, 1.82) is 0 Å². The normalized spacial score (nSPS) is 13.7. The zero-order valence-corrected chi connectivity index (χ0v) is 20.9. The summed E-state index contributed by atoms with van der Waals surface area (Å²) in [6, 6.07) is 6.21. The molecule has 3 heterocycles. The highest BCUT2D eigenvalue weighted by atomic mass is 16.1. The molecule has 4 aromatic rings. The summed E-state index contributed by atoms with van der Waals surface area (Å²) < 4.78 is 0. The number of allylic oxidation sites excluding steroid dienone is 1. The van der Waals surface area contributed by atoms with Gasteiger partial charge in [-0.15, -0.1) is 0 Å². The summed E-state index contributed by atoms with van der Waals surface area (Å²) in [5.74, 6) is 0.416. The van der Waals surface area contributed by atoms with Crippen LogP contribution in [0.2, 0.25) is 0 Å². The molecule has 0 atom stereocenters. The van der Waals surface area contributed by atoms with Crippen LogP contribution in [-0.2, 0) is 6.54 Å². The molecule has 8 nitrogen and oxygen atoms in total. The average molecular weight is 484 g/mol. The molecule has 0 saturated heterocycles. The summed E-state index contributed by atoms with van der Waals surface area (Å²) in [4.78, 5) is 24.8. The summed E-state index contributed by atoms with van der Waals surface area (Å²) in [7, 11) is 0. The zero-order chi connectivity index (χ0) is 24.9. The highest BCUT2D eigenvalue weighted by Gasteiger charge is 2.16. The Labute approximate surface area is 211 Å². The molecule has 1 aromatic carbocycles. The molecule has 0 bridgehead atoms. The molecule has 3 aromatic heterocycles. The predicted molar refractivity (Wildman–Crippen MR) is 143 cm³/mol. The number of H-pyrrole nitrogens is 2. The largest absolute Gasteiger partial charge is 0.350 e. The highest BCUT2D eigenvalue weighted by molar-refractivity contribution is 5.96. The fourth-order valence-corrected chi connectivity index (χ4v) is 4.78. The van der Waals surface area contributed by atoms with E-state index in [2.05, 4.69) is 67.8 Å². The summed E-state index contributed by atoms with van der Waals surface area (Å²) >= 11 is 0. The Morgan fingerprint density at radius 3 is 2.92 bits per heavy atom. The number of benzene rings is 1. The number of amides is 1. The number of hydrogen-bond donors (Lipinski definition) is 4. The van der Waals surface area contributed by atoms with E-state index in [4.69, 9.17) is 0 Å². The summed E-state index contributed by atoms with van der Waals surface area (Å²) in [6.07, 6.45) is 13.5. The molecule has 5 rings (SSSR count). The van der Waals surface area contributed by atoms with Crippen LogP contribution in [0, 0.1) is 6.92 Å². The minimum absolute atomic E-state index is 0.148. The van der Waals surface area contributed by atoms with E-state index in [-0.39, 0.29) is 5.91 Å². The zero-order valence-electron chi connectivity index (χ0n) is 20.9. The van der Waals surface area contributed by atoms with Crippen LogP contribution in [0.3, 0.4) is 0 Å². The molecule has 1 aliphatic carbocycles. The first-order valence-electron chi connectivity index (χ1n) is 12.8. The molecule has 0 spiro atoms. The fraction of sp³-hybridized carbons (Fsp3) is 0.357. The second-order valence-electron chi connectivity index (χ2n) is 9.34. The van der Waals surface area contributed by atoms with Crippen molar-refractivity contribution in [3.63, 3.8) is 0 Å². The van der Waals surface area contributed by atoms with Gasteiger partial charge in [-0.05, 0) is 74.4 Å². The van der Waals surface area contributed by atoms with E-state index in [1.54, 1.807) is 6.20 Å². The lowest BCUT2D eigenvalue weighted by Gasteiger charge is -2.12. The SMILES string of the molecule is CCNCc1cncc(-c2ccc3[nH]nc(-c4ncc(C(=O)NCCC5=CCCCC5)[nH]4)c3c2)c1C. The van der Waals surface area contributed by atoms with Gasteiger partial charge < -0.3 is 15.6 Å². The molecular formula is C28H33N7O. The van der Waals surface area contributed by atoms with Gasteiger partial charge in [0.2, 0.25) is 0 Å². The maximum absolute atomic E-state index is 12.7. The number of aromatic amines is 2. The molecule has 0 radical (unpaired) electrons. The van der Waals surface area contributed by atoms with Crippen LogP contribution < -0.4 is 10.6 Å². The van der Waals surface area contributed by atoms with Crippen molar-refractivity contribution < 1.29 is 4.79 Å². The molecule has 0 aliphatic heterocycles. The summed E-state index contributed by atoms with van der Waals surface area (Å²) in [5, 5.41) is 14.9. The third-order valence-corrected chi connectivity index (χ3v) is 6.92. The van der Waals surface area contributed by atoms with Crippen LogP contribution in [0.1, 0.15) is 60.6 Å². The summed E-state index contributed by atoms with van der Waals surface area (Å²) in [5.41, 5.74) is 8.02. The van der Waals surface area contributed by atoms with E-state index in [1.807, 2.05) is 18.5 Å². The molecule has 0 unspecified atom stereocenters. The van der Waals surface area contributed by atoms with Crippen molar-refractivity contribution in [2.24, 2.45) is 0 Å². The monoisotopic (exact) mass is 483 g/mol. The third-order valence-electron chi connectivity index (χ3n) is 6.92. The molecule has 1 amide bonds. The number of aromatic nitrogens is 5. The van der Waals surface area contributed by atoms with Crippen molar-refractivity contribution in [1.82, 2.24) is 35.8 Å². The van der Waals surface area contributed by atoms with E-state index in [0.29, 0.717) is 23.8 Å². The number of imidazole rings is 1. The van der Waals surface area contributed by atoms with Crippen molar-refractivity contribution in [2.75, 3.05) is 13.1 Å². The number of fused-ring (bicyclic) bond motifs is 1. The van der Waals surface area contributed by atoms with Gasteiger partial charge in [0.1, 0.15) is 11.4 Å². The van der Waals surface area contributed by atoms with Crippen LogP contribution in [-0.4, -0.2) is 44.1 Å².